The van der Waals surface area contributed by atoms with E-state index in [2.05, 4.69) is 15.0 Å². The van der Waals surface area contributed by atoms with Crippen molar-refractivity contribution >= 4 is 44.5 Å². The lowest BCUT2D eigenvalue weighted by Gasteiger charge is -2.12. The Morgan fingerprint density at radius 1 is 1.04 bits per heavy atom. The quantitative estimate of drug-likeness (QED) is 0.641. The maximum Gasteiger partial charge on any atom is 0.267 e. The van der Waals surface area contributed by atoms with E-state index in [9.17, 15) is 13.2 Å². The standard InChI is InChI=1S/C19H20N4O3S2/c1-13-4-6-14(7-5-13)22-28(25,26)16-10-11-27-18(16)19(24)21-15-8-9-17(20-12-15)23(2)3/h4-12,22H,1-3H3,(H,21,24). The number of amides is 1. The second kappa shape index (κ2) is 7.99. The van der Waals surface area contributed by atoms with Crippen LogP contribution in [0, 0.1) is 6.92 Å². The van der Waals surface area contributed by atoms with Crippen molar-refractivity contribution in [1.82, 2.24) is 4.98 Å². The number of hydrogen-bond donors (Lipinski definition) is 2. The van der Waals surface area contributed by atoms with Crippen LogP contribution in [-0.4, -0.2) is 33.4 Å². The molecule has 2 N–H and O–H groups in total. The molecule has 0 unspecified atom stereocenters. The van der Waals surface area contributed by atoms with Crippen molar-refractivity contribution < 1.29 is 13.2 Å². The number of nitrogens with zero attached hydrogens (tertiary/aromatic N) is 2. The van der Waals surface area contributed by atoms with E-state index in [0.717, 1.165) is 22.7 Å². The van der Waals surface area contributed by atoms with Crippen molar-refractivity contribution in [2.45, 2.75) is 11.8 Å². The van der Waals surface area contributed by atoms with Gasteiger partial charge in [0.25, 0.3) is 15.9 Å². The molecule has 1 aromatic carbocycles. The summed E-state index contributed by atoms with van der Waals surface area (Å²) in [5.41, 5.74) is 1.94. The highest BCUT2D eigenvalue weighted by atomic mass is 32.2. The second-order valence-electron chi connectivity index (χ2n) is 6.34. The molecule has 3 rings (SSSR count). The molecule has 0 radical (unpaired) electrons. The number of aromatic nitrogens is 1. The monoisotopic (exact) mass is 416 g/mol. The Labute approximate surface area is 168 Å². The van der Waals surface area contributed by atoms with E-state index < -0.39 is 15.9 Å². The summed E-state index contributed by atoms with van der Waals surface area (Å²) in [5.74, 6) is 0.248. The molecule has 28 heavy (non-hydrogen) atoms. The first-order valence-corrected chi connectivity index (χ1v) is 10.7. The van der Waals surface area contributed by atoms with Gasteiger partial charge in [-0.3, -0.25) is 9.52 Å². The summed E-state index contributed by atoms with van der Waals surface area (Å²) in [6.45, 7) is 1.92. The number of anilines is 3. The Balaban J connectivity index is 1.80. The fourth-order valence-corrected chi connectivity index (χ4v) is 4.80. The molecule has 0 aliphatic heterocycles. The number of benzene rings is 1. The number of rotatable bonds is 6. The predicted octanol–water partition coefficient (Wildman–Crippen LogP) is 3.57. The normalized spacial score (nSPS) is 11.1. The van der Waals surface area contributed by atoms with E-state index in [-0.39, 0.29) is 9.77 Å². The van der Waals surface area contributed by atoms with Crippen LogP contribution in [0.15, 0.2) is 58.9 Å². The molecule has 0 aliphatic rings. The zero-order valence-corrected chi connectivity index (χ0v) is 17.3. The number of hydrogen-bond acceptors (Lipinski definition) is 6. The van der Waals surface area contributed by atoms with Crippen molar-refractivity contribution in [3.63, 3.8) is 0 Å². The first-order chi connectivity index (χ1) is 13.3. The molecule has 7 nitrogen and oxygen atoms in total. The van der Waals surface area contributed by atoms with Crippen LogP contribution in [0.3, 0.4) is 0 Å². The molecule has 0 bridgehead atoms. The molecule has 0 saturated heterocycles. The topological polar surface area (TPSA) is 91.4 Å². The van der Waals surface area contributed by atoms with Gasteiger partial charge in [0.1, 0.15) is 15.6 Å². The lowest BCUT2D eigenvalue weighted by molar-refractivity contribution is 0.102. The minimum Gasteiger partial charge on any atom is -0.363 e. The highest BCUT2D eigenvalue weighted by Gasteiger charge is 2.24. The van der Waals surface area contributed by atoms with E-state index in [1.165, 1.54) is 12.3 Å². The molecule has 9 heteroatoms. The minimum atomic E-state index is -3.89. The summed E-state index contributed by atoms with van der Waals surface area (Å²) in [5, 5.41) is 4.27. The number of nitrogens with one attached hydrogen (secondary N) is 2. The number of thiophene rings is 1. The van der Waals surface area contributed by atoms with Gasteiger partial charge < -0.3 is 10.2 Å². The Kier molecular flexibility index (Phi) is 5.66. The summed E-state index contributed by atoms with van der Waals surface area (Å²) in [6, 6.07) is 11.9. The van der Waals surface area contributed by atoms with E-state index >= 15 is 0 Å². The zero-order valence-electron chi connectivity index (χ0n) is 15.6. The van der Waals surface area contributed by atoms with E-state index in [1.807, 2.05) is 38.1 Å². The van der Waals surface area contributed by atoms with Crippen LogP contribution in [0.2, 0.25) is 0 Å². The van der Waals surface area contributed by atoms with Crippen molar-refractivity contribution in [1.29, 1.82) is 0 Å². The SMILES string of the molecule is Cc1ccc(NS(=O)(=O)c2ccsc2C(=O)Nc2ccc(N(C)C)nc2)cc1. The van der Waals surface area contributed by atoms with Gasteiger partial charge in [-0.25, -0.2) is 13.4 Å². The number of carbonyl (C=O) groups is 1. The van der Waals surface area contributed by atoms with Gasteiger partial charge in [-0.05, 0) is 42.6 Å². The minimum absolute atomic E-state index is 0.0616. The number of aryl methyl sites for hydroxylation is 1. The highest BCUT2D eigenvalue weighted by Crippen LogP contribution is 2.26. The van der Waals surface area contributed by atoms with Gasteiger partial charge >= 0.3 is 0 Å². The molecule has 3 aromatic rings. The smallest absolute Gasteiger partial charge is 0.267 e. The van der Waals surface area contributed by atoms with Crippen molar-refractivity contribution in [2.75, 3.05) is 29.0 Å². The van der Waals surface area contributed by atoms with Gasteiger partial charge in [-0.15, -0.1) is 11.3 Å². The molecular formula is C19H20N4O3S2. The summed E-state index contributed by atoms with van der Waals surface area (Å²) in [6.07, 6.45) is 1.53. The largest absolute Gasteiger partial charge is 0.363 e. The van der Waals surface area contributed by atoms with Gasteiger partial charge in [0.05, 0.1) is 11.9 Å². The van der Waals surface area contributed by atoms with Gasteiger partial charge in [0.15, 0.2) is 0 Å². The summed E-state index contributed by atoms with van der Waals surface area (Å²) in [7, 11) is -0.160. The molecule has 0 atom stereocenters. The van der Waals surface area contributed by atoms with E-state index in [0.29, 0.717) is 11.4 Å². The van der Waals surface area contributed by atoms with Crippen molar-refractivity contribution in [2.24, 2.45) is 0 Å². The summed E-state index contributed by atoms with van der Waals surface area (Å²) >= 11 is 1.06. The van der Waals surface area contributed by atoms with Crippen LogP contribution in [0.25, 0.3) is 0 Å². The Hall–Kier alpha value is -2.91. The fraction of sp³-hybridized carbons (Fsp3) is 0.158. The average molecular weight is 417 g/mol. The molecule has 0 spiro atoms. The Morgan fingerprint density at radius 2 is 1.71 bits per heavy atom. The lowest BCUT2D eigenvalue weighted by atomic mass is 10.2. The first kappa shape index (κ1) is 19.8. The number of carbonyl (C=O) groups excluding carboxylic acids is 1. The molecule has 0 fully saturated rings. The first-order valence-electron chi connectivity index (χ1n) is 8.38. The predicted molar refractivity (Wildman–Crippen MR) is 113 cm³/mol. The fourth-order valence-electron chi connectivity index (χ4n) is 2.42. The Bertz CT molecular complexity index is 1070. The van der Waals surface area contributed by atoms with Crippen LogP contribution in [0.5, 0.6) is 0 Å². The molecule has 0 saturated carbocycles. The lowest BCUT2D eigenvalue weighted by Crippen LogP contribution is -2.18. The third-order valence-corrected chi connectivity index (χ3v) is 6.36. The molecular weight excluding hydrogens is 396 g/mol. The van der Waals surface area contributed by atoms with Gasteiger partial charge in [-0.2, -0.15) is 0 Å². The maximum atomic E-state index is 12.7. The molecule has 146 valence electrons. The van der Waals surface area contributed by atoms with Crippen LogP contribution in [0.4, 0.5) is 17.2 Å². The van der Waals surface area contributed by atoms with Crippen molar-refractivity contribution in [3.05, 3.63) is 64.5 Å². The third-order valence-electron chi connectivity index (χ3n) is 3.89. The van der Waals surface area contributed by atoms with Crippen LogP contribution < -0.4 is 14.9 Å². The van der Waals surface area contributed by atoms with Crippen LogP contribution in [-0.2, 0) is 10.0 Å². The summed E-state index contributed by atoms with van der Waals surface area (Å²) < 4.78 is 28.0. The Morgan fingerprint density at radius 3 is 2.32 bits per heavy atom. The summed E-state index contributed by atoms with van der Waals surface area (Å²) in [4.78, 5) is 18.7. The van der Waals surface area contributed by atoms with Crippen LogP contribution in [0.1, 0.15) is 15.2 Å². The van der Waals surface area contributed by atoms with Gasteiger partial charge in [0.2, 0.25) is 0 Å². The van der Waals surface area contributed by atoms with E-state index in [4.69, 9.17) is 0 Å². The molecule has 2 aromatic heterocycles. The molecule has 1 amide bonds. The van der Waals surface area contributed by atoms with Crippen LogP contribution >= 0.6 is 11.3 Å². The second-order valence-corrected chi connectivity index (χ2v) is 8.91. The van der Waals surface area contributed by atoms with Crippen molar-refractivity contribution in [3.8, 4) is 0 Å². The van der Waals surface area contributed by atoms with E-state index in [1.54, 1.807) is 29.6 Å². The van der Waals surface area contributed by atoms with Gasteiger partial charge in [-0.1, -0.05) is 17.7 Å². The highest BCUT2D eigenvalue weighted by molar-refractivity contribution is 7.93. The third kappa shape index (κ3) is 4.49. The number of sulfonamides is 1. The average Bonchev–Trinajstić information content (AvgIpc) is 3.15. The van der Waals surface area contributed by atoms with Gasteiger partial charge in [0, 0.05) is 19.8 Å². The number of pyridine rings is 1. The zero-order chi connectivity index (χ0) is 20.3. The maximum absolute atomic E-state index is 12.7. The molecule has 0 aliphatic carbocycles. The molecule has 2 heterocycles.